The molecule has 2 N–H and O–H groups in total. The highest BCUT2D eigenvalue weighted by Gasteiger charge is 2.18. The van der Waals surface area contributed by atoms with Gasteiger partial charge in [0, 0.05) is 24.5 Å². The van der Waals surface area contributed by atoms with Gasteiger partial charge in [-0.3, -0.25) is 9.78 Å². The Morgan fingerprint density at radius 1 is 1.35 bits per heavy atom. The lowest BCUT2D eigenvalue weighted by atomic mass is 10.1. The Morgan fingerprint density at radius 3 is 2.91 bits per heavy atom. The van der Waals surface area contributed by atoms with Crippen molar-refractivity contribution < 1.29 is 19.0 Å². The molecule has 0 saturated heterocycles. The number of hydrogen-bond acceptors (Lipinski definition) is 4. The first-order chi connectivity index (χ1) is 11.1. The third kappa shape index (κ3) is 3.54. The molecule has 6 heteroatoms. The number of amides is 1. The highest BCUT2D eigenvalue weighted by Crippen LogP contribution is 2.27. The summed E-state index contributed by atoms with van der Waals surface area (Å²) in [6.45, 7) is 0.173. The standard InChI is InChI=1S/C17H15FN2O3/c18-14-1-2-16-12(8-14)7-13(10-23-16)17(22)20-9-15(21)11-3-5-19-6-4-11/h1-8,15,21H,9-10H2,(H,20,22). The van der Waals surface area contributed by atoms with Crippen LogP contribution in [-0.2, 0) is 4.79 Å². The number of fused-ring (bicyclic) bond motifs is 1. The number of pyridine rings is 1. The minimum Gasteiger partial charge on any atom is -0.488 e. The summed E-state index contributed by atoms with van der Waals surface area (Å²) in [5.41, 5.74) is 1.57. The van der Waals surface area contributed by atoms with Crippen LogP contribution in [0.1, 0.15) is 17.2 Å². The third-order valence-corrected chi connectivity index (χ3v) is 3.52. The van der Waals surface area contributed by atoms with Gasteiger partial charge in [0.1, 0.15) is 18.2 Å². The summed E-state index contributed by atoms with van der Waals surface area (Å²) in [6.07, 6.45) is 3.92. The van der Waals surface area contributed by atoms with E-state index in [1.165, 1.54) is 18.2 Å². The summed E-state index contributed by atoms with van der Waals surface area (Å²) in [4.78, 5) is 16.0. The van der Waals surface area contributed by atoms with Gasteiger partial charge >= 0.3 is 0 Å². The molecule has 1 aliphatic heterocycles. The fraction of sp³-hybridized carbons (Fsp3) is 0.176. The lowest BCUT2D eigenvalue weighted by Crippen LogP contribution is -2.32. The van der Waals surface area contributed by atoms with E-state index < -0.39 is 11.9 Å². The van der Waals surface area contributed by atoms with E-state index in [1.54, 1.807) is 30.6 Å². The molecule has 0 saturated carbocycles. The molecule has 3 rings (SSSR count). The van der Waals surface area contributed by atoms with E-state index in [4.69, 9.17) is 4.74 Å². The van der Waals surface area contributed by atoms with Gasteiger partial charge in [0.2, 0.25) is 0 Å². The zero-order valence-electron chi connectivity index (χ0n) is 12.2. The predicted octanol–water partition coefficient (Wildman–Crippen LogP) is 1.85. The molecular weight excluding hydrogens is 299 g/mol. The van der Waals surface area contributed by atoms with Gasteiger partial charge in [0.05, 0.1) is 11.7 Å². The van der Waals surface area contributed by atoms with Crippen molar-refractivity contribution in [3.05, 3.63) is 65.2 Å². The van der Waals surface area contributed by atoms with Gasteiger partial charge in [0.15, 0.2) is 0 Å². The zero-order chi connectivity index (χ0) is 16.2. The summed E-state index contributed by atoms with van der Waals surface area (Å²) in [6, 6.07) is 7.51. The number of carbonyl (C=O) groups excluding carboxylic acids is 1. The smallest absolute Gasteiger partial charge is 0.250 e. The van der Waals surface area contributed by atoms with Crippen LogP contribution in [0.2, 0.25) is 0 Å². The van der Waals surface area contributed by atoms with Crippen molar-refractivity contribution in [2.24, 2.45) is 0 Å². The first-order valence-corrected chi connectivity index (χ1v) is 7.12. The van der Waals surface area contributed by atoms with Crippen molar-refractivity contribution in [1.29, 1.82) is 0 Å². The van der Waals surface area contributed by atoms with Crippen LogP contribution in [0.4, 0.5) is 4.39 Å². The summed E-state index contributed by atoms with van der Waals surface area (Å²) >= 11 is 0. The third-order valence-electron chi connectivity index (χ3n) is 3.52. The van der Waals surface area contributed by atoms with Gasteiger partial charge in [-0.2, -0.15) is 0 Å². The predicted molar refractivity (Wildman–Crippen MR) is 82.1 cm³/mol. The summed E-state index contributed by atoms with van der Waals surface area (Å²) in [7, 11) is 0. The van der Waals surface area contributed by atoms with Gasteiger partial charge in [-0.1, -0.05) is 0 Å². The van der Waals surface area contributed by atoms with Crippen LogP contribution in [-0.4, -0.2) is 29.1 Å². The van der Waals surface area contributed by atoms with Crippen molar-refractivity contribution >= 4 is 12.0 Å². The molecule has 1 aromatic heterocycles. The van der Waals surface area contributed by atoms with Crippen LogP contribution in [0.25, 0.3) is 6.08 Å². The molecule has 0 fully saturated rings. The first kappa shape index (κ1) is 15.2. The fourth-order valence-corrected chi connectivity index (χ4v) is 2.29. The average molecular weight is 314 g/mol. The number of aliphatic hydroxyl groups excluding tert-OH is 1. The van der Waals surface area contributed by atoms with Crippen molar-refractivity contribution in [1.82, 2.24) is 10.3 Å². The number of aromatic nitrogens is 1. The number of rotatable bonds is 4. The molecule has 1 amide bonds. The Labute approximate surface area is 132 Å². The zero-order valence-corrected chi connectivity index (χ0v) is 12.2. The summed E-state index contributed by atoms with van der Waals surface area (Å²) in [5, 5.41) is 12.7. The molecule has 0 radical (unpaired) electrons. The number of ether oxygens (including phenoxy) is 1. The van der Waals surface area contributed by atoms with E-state index in [2.05, 4.69) is 10.3 Å². The van der Waals surface area contributed by atoms with E-state index >= 15 is 0 Å². The van der Waals surface area contributed by atoms with E-state index in [0.29, 0.717) is 22.4 Å². The molecule has 2 heterocycles. The average Bonchev–Trinajstić information content (AvgIpc) is 2.59. The molecule has 1 unspecified atom stereocenters. The van der Waals surface area contributed by atoms with Crippen molar-refractivity contribution in [2.75, 3.05) is 13.2 Å². The normalized spacial score (nSPS) is 14.3. The highest BCUT2D eigenvalue weighted by molar-refractivity contribution is 5.99. The number of aliphatic hydroxyl groups is 1. The van der Waals surface area contributed by atoms with Crippen molar-refractivity contribution in [3.63, 3.8) is 0 Å². The molecule has 0 aliphatic carbocycles. The maximum Gasteiger partial charge on any atom is 0.250 e. The second-order valence-corrected chi connectivity index (χ2v) is 5.15. The Bertz CT molecular complexity index is 747. The minimum atomic E-state index is -0.822. The molecule has 1 aromatic carbocycles. The first-order valence-electron chi connectivity index (χ1n) is 7.12. The molecule has 0 spiro atoms. The summed E-state index contributed by atoms with van der Waals surface area (Å²) < 4.78 is 18.7. The van der Waals surface area contributed by atoms with Gasteiger partial charge in [-0.25, -0.2) is 4.39 Å². The SMILES string of the molecule is O=C(NCC(O)c1ccncc1)C1=Cc2cc(F)ccc2OC1. The van der Waals surface area contributed by atoms with Gasteiger partial charge in [0.25, 0.3) is 5.91 Å². The number of carbonyl (C=O) groups is 1. The fourth-order valence-electron chi connectivity index (χ4n) is 2.29. The van der Waals surface area contributed by atoms with Crippen molar-refractivity contribution in [3.8, 4) is 5.75 Å². The molecule has 1 atom stereocenters. The quantitative estimate of drug-likeness (QED) is 0.903. The van der Waals surface area contributed by atoms with Crippen LogP contribution in [0, 0.1) is 5.82 Å². The molecule has 0 bridgehead atoms. The highest BCUT2D eigenvalue weighted by atomic mass is 19.1. The monoisotopic (exact) mass is 314 g/mol. The molecule has 5 nitrogen and oxygen atoms in total. The maximum absolute atomic E-state index is 13.2. The van der Waals surface area contributed by atoms with Gasteiger partial charge in [-0.15, -0.1) is 0 Å². The van der Waals surface area contributed by atoms with Crippen molar-refractivity contribution in [2.45, 2.75) is 6.10 Å². The van der Waals surface area contributed by atoms with Crippen LogP contribution in [0.3, 0.4) is 0 Å². The maximum atomic E-state index is 13.2. The Hall–Kier alpha value is -2.73. The second-order valence-electron chi connectivity index (χ2n) is 5.15. The Kier molecular flexibility index (Phi) is 4.34. The van der Waals surface area contributed by atoms with Gasteiger partial charge < -0.3 is 15.2 Å². The molecule has 1 aliphatic rings. The molecule has 2 aromatic rings. The lowest BCUT2D eigenvalue weighted by molar-refractivity contribution is -0.118. The minimum absolute atomic E-state index is 0.0657. The molecule has 118 valence electrons. The number of halogens is 1. The summed E-state index contributed by atoms with van der Waals surface area (Å²) in [5.74, 6) is -0.203. The second kappa shape index (κ2) is 6.58. The van der Waals surface area contributed by atoms with E-state index in [1.807, 2.05) is 0 Å². The lowest BCUT2D eigenvalue weighted by Gasteiger charge is -2.18. The largest absolute Gasteiger partial charge is 0.488 e. The molecule has 23 heavy (non-hydrogen) atoms. The Balaban J connectivity index is 1.65. The number of nitrogens with zero attached hydrogens (tertiary/aromatic N) is 1. The van der Waals surface area contributed by atoms with Crippen LogP contribution < -0.4 is 10.1 Å². The topological polar surface area (TPSA) is 71.5 Å². The van der Waals surface area contributed by atoms with E-state index in [0.717, 1.165) is 0 Å². The van der Waals surface area contributed by atoms with E-state index in [-0.39, 0.29) is 19.1 Å². The number of hydrogen-bond donors (Lipinski definition) is 2. The van der Waals surface area contributed by atoms with E-state index in [9.17, 15) is 14.3 Å². The number of benzene rings is 1. The van der Waals surface area contributed by atoms with Gasteiger partial charge in [-0.05, 0) is 42.0 Å². The molecular formula is C17H15FN2O3. The van der Waals surface area contributed by atoms with Crippen LogP contribution >= 0.6 is 0 Å². The number of nitrogens with one attached hydrogen (secondary N) is 1. The van der Waals surface area contributed by atoms with Crippen LogP contribution in [0.5, 0.6) is 5.75 Å². The Morgan fingerprint density at radius 2 is 2.13 bits per heavy atom. The van der Waals surface area contributed by atoms with Crippen LogP contribution in [0.15, 0.2) is 48.3 Å².